The first-order chi connectivity index (χ1) is 11.0. The summed E-state index contributed by atoms with van der Waals surface area (Å²) in [4.78, 5) is 26.7. The predicted octanol–water partition coefficient (Wildman–Crippen LogP) is -0.329. The Morgan fingerprint density at radius 2 is 2.04 bits per heavy atom. The van der Waals surface area contributed by atoms with Gasteiger partial charge in [0.2, 0.25) is 5.91 Å². The molecule has 23 heavy (non-hydrogen) atoms. The minimum Gasteiger partial charge on any atom is -0.497 e. The molecule has 1 fully saturated rings. The molecular formula is C16H24N3O4+. The number of ether oxygens (including phenoxy) is 2. The van der Waals surface area contributed by atoms with Crippen molar-refractivity contribution in [3.63, 3.8) is 0 Å². The number of nitrogens with one attached hydrogen (secondary N) is 2. The van der Waals surface area contributed by atoms with Crippen LogP contribution in [0.4, 0.5) is 10.5 Å². The molecule has 2 amide bonds. The molecule has 1 aromatic carbocycles. The molecule has 0 aromatic heterocycles. The number of methoxy groups -OCH3 is 1. The van der Waals surface area contributed by atoms with E-state index in [1.54, 1.807) is 24.1 Å². The lowest BCUT2D eigenvalue weighted by atomic mass is 10.2. The van der Waals surface area contributed by atoms with Crippen molar-refractivity contribution in [3.8, 4) is 5.75 Å². The van der Waals surface area contributed by atoms with E-state index in [4.69, 9.17) is 9.47 Å². The molecule has 2 N–H and O–H groups in total. The molecular weight excluding hydrogens is 298 g/mol. The number of likely N-dealkylation sites (N-methyl/N-ethyl adjacent to an activating group) is 1. The zero-order chi connectivity index (χ0) is 16.8. The molecule has 0 saturated carbocycles. The fraction of sp³-hybridized carbons (Fsp3) is 0.500. The summed E-state index contributed by atoms with van der Waals surface area (Å²) in [5.41, 5.74) is 0.796. The van der Waals surface area contributed by atoms with E-state index in [1.165, 1.54) is 4.90 Å². The summed E-state index contributed by atoms with van der Waals surface area (Å²) in [7, 11) is 5.58. The fourth-order valence-electron chi connectivity index (χ4n) is 2.37. The second kappa shape index (κ2) is 7.82. The van der Waals surface area contributed by atoms with Gasteiger partial charge in [-0.2, -0.15) is 0 Å². The van der Waals surface area contributed by atoms with Crippen LogP contribution in [0.15, 0.2) is 24.3 Å². The quantitative estimate of drug-likeness (QED) is 0.752. The molecule has 1 aromatic rings. The van der Waals surface area contributed by atoms with Gasteiger partial charge in [-0.25, -0.2) is 4.79 Å². The molecule has 0 bridgehead atoms. The van der Waals surface area contributed by atoms with Gasteiger partial charge < -0.3 is 24.6 Å². The highest BCUT2D eigenvalue weighted by Gasteiger charge is 2.31. The van der Waals surface area contributed by atoms with Gasteiger partial charge in [0.05, 0.1) is 27.2 Å². The number of benzene rings is 1. The Morgan fingerprint density at radius 1 is 1.35 bits per heavy atom. The SMILES string of the molecule is COc1ccc(N2C[C@H](NC(=O)OCC[NH+](C)C)CC2=O)cc1. The largest absolute Gasteiger partial charge is 0.497 e. The second-order valence-corrected chi connectivity index (χ2v) is 5.84. The molecule has 1 saturated heterocycles. The van der Waals surface area contributed by atoms with Crippen molar-refractivity contribution in [1.82, 2.24) is 5.32 Å². The van der Waals surface area contributed by atoms with Crippen LogP contribution >= 0.6 is 0 Å². The molecule has 2 rings (SSSR count). The lowest BCUT2D eigenvalue weighted by Gasteiger charge is -2.17. The first-order valence-electron chi connectivity index (χ1n) is 7.66. The molecule has 1 atom stereocenters. The van der Waals surface area contributed by atoms with E-state index in [9.17, 15) is 9.59 Å². The van der Waals surface area contributed by atoms with Crippen molar-refractivity contribution in [2.75, 3.05) is 45.8 Å². The first-order valence-corrected chi connectivity index (χ1v) is 7.66. The van der Waals surface area contributed by atoms with Crippen LogP contribution in [0.2, 0.25) is 0 Å². The van der Waals surface area contributed by atoms with Crippen LogP contribution in [0.1, 0.15) is 6.42 Å². The van der Waals surface area contributed by atoms with Crippen LogP contribution in [0.5, 0.6) is 5.75 Å². The number of nitrogens with zero attached hydrogens (tertiary/aromatic N) is 1. The maximum absolute atomic E-state index is 12.1. The Morgan fingerprint density at radius 3 is 2.65 bits per heavy atom. The van der Waals surface area contributed by atoms with Gasteiger partial charge in [-0.05, 0) is 24.3 Å². The molecule has 7 heteroatoms. The Hall–Kier alpha value is -2.28. The van der Waals surface area contributed by atoms with E-state index < -0.39 is 6.09 Å². The number of anilines is 1. The molecule has 1 aliphatic heterocycles. The summed E-state index contributed by atoms with van der Waals surface area (Å²) in [5, 5.41) is 2.75. The Labute approximate surface area is 136 Å². The predicted molar refractivity (Wildman–Crippen MR) is 85.9 cm³/mol. The molecule has 1 heterocycles. The highest BCUT2D eigenvalue weighted by Crippen LogP contribution is 2.24. The molecule has 0 radical (unpaired) electrons. The summed E-state index contributed by atoms with van der Waals surface area (Å²) in [6.45, 7) is 1.55. The van der Waals surface area contributed by atoms with Crippen LogP contribution < -0.4 is 19.9 Å². The topological polar surface area (TPSA) is 72.3 Å². The van der Waals surface area contributed by atoms with Crippen molar-refractivity contribution < 1.29 is 24.0 Å². The van der Waals surface area contributed by atoms with Crippen molar-refractivity contribution in [3.05, 3.63) is 24.3 Å². The number of quaternary nitrogens is 1. The van der Waals surface area contributed by atoms with E-state index in [-0.39, 0.29) is 18.4 Å². The highest BCUT2D eigenvalue weighted by molar-refractivity contribution is 5.96. The third-order valence-corrected chi connectivity index (χ3v) is 3.67. The molecule has 126 valence electrons. The summed E-state index contributed by atoms with van der Waals surface area (Å²) in [6, 6.07) is 7.04. The maximum atomic E-state index is 12.1. The van der Waals surface area contributed by atoms with E-state index in [1.807, 2.05) is 26.2 Å². The average Bonchev–Trinajstić information content (AvgIpc) is 2.87. The fourth-order valence-corrected chi connectivity index (χ4v) is 2.37. The Balaban J connectivity index is 1.85. The zero-order valence-electron chi connectivity index (χ0n) is 13.8. The third-order valence-electron chi connectivity index (χ3n) is 3.67. The van der Waals surface area contributed by atoms with E-state index in [0.29, 0.717) is 13.2 Å². The molecule has 0 aliphatic carbocycles. The number of hydrogen-bond acceptors (Lipinski definition) is 4. The number of carbonyl (C=O) groups is 2. The van der Waals surface area contributed by atoms with E-state index in [0.717, 1.165) is 18.0 Å². The Kier molecular flexibility index (Phi) is 5.81. The summed E-state index contributed by atoms with van der Waals surface area (Å²) in [6.07, 6.45) is -0.194. The van der Waals surface area contributed by atoms with Gasteiger partial charge in [-0.3, -0.25) is 4.79 Å². The molecule has 1 aliphatic rings. The van der Waals surface area contributed by atoms with E-state index >= 15 is 0 Å². The van der Waals surface area contributed by atoms with Gasteiger partial charge in [0, 0.05) is 18.7 Å². The van der Waals surface area contributed by atoms with Crippen molar-refractivity contribution in [1.29, 1.82) is 0 Å². The van der Waals surface area contributed by atoms with Crippen LogP contribution in [-0.4, -0.2) is 58.9 Å². The van der Waals surface area contributed by atoms with Gasteiger partial charge in [0.15, 0.2) is 0 Å². The van der Waals surface area contributed by atoms with Crippen LogP contribution in [-0.2, 0) is 9.53 Å². The van der Waals surface area contributed by atoms with Crippen molar-refractivity contribution in [2.45, 2.75) is 12.5 Å². The van der Waals surface area contributed by atoms with Crippen LogP contribution in [0.25, 0.3) is 0 Å². The normalized spacial score (nSPS) is 17.5. The van der Waals surface area contributed by atoms with E-state index in [2.05, 4.69) is 5.32 Å². The van der Waals surface area contributed by atoms with Gasteiger partial charge >= 0.3 is 6.09 Å². The maximum Gasteiger partial charge on any atom is 0.407 e. The summed E-state index contributed by atoms with van der Waals surface area (Å²) >= 11 is 0. The first kappa shape index (κ1) is 17.1. The lowest BCUT2D eigenvalue weighted by molar-refractivity contribution is -0.858. The zero-order valence-corrected chi connectivity index (χ0v) is 13.8. The van der Waals surface area contributed by atoms with Gasteiger partial charge in [0.25, 0.3) is 0 Å². The van der Waals surface area contributed by atoms with Gasteiger partial charge in [-0.15, -0.1) is 0 Å². The number of rotatable bonds is 6. The number of hydrogen-bond donors (Lipinski definition) is 2. The Bertz CT molecular complexity index is 545. The summed E-state index contributed by atoms with van der Waals surface area (Å²) in [5.74, 6) is 0.722. The second-order valence-electron chi connectivity index (χ2n) is 5.84. The molecule has 0 spiro atoms. The minimum absolute atomic E-state index is 0.0156. The average molecular weight is 322 g/mol. The smallest absolute Gasteiger partial charge is 0.407 e. The minimum atomic E-state index is -0.472. The number of carbonyl (C=O) groups excluding carboxylic acids is 2. The number of amides is 2. The monoisotopic (exact) mass is 322 g/mol. The lowest BCUT2D eigenvalue weighted by Crippen LogP contribution is -3.06. The highest BCUT2D eigenvalue weighted by atomic mass is 16.5. The molecule has 0 unspecified atom stereocenters. The van der Waals surface area contributed by atoms with Crippen molar-refractivity contribution in [2.24, 2.45) is 0 Å². The third kappa shape index (κ3) is 4.85. The standard InChI is InChI=1S/C16H23N3O4/c1-18(2)8-9-23-16(21)17-12-10-15(20)19(11-12)13-4-6-14(22-3)7-5-13/h4-7,12H,8-11H2,1-3H3,(H,17,21)/p+1/t12-/m1/s1. The van der Waals surface area contributed by atoms with Gasteiger partial charge in [0.1, 0.15) is 18.9 Å². The number of alkyl carbamates (subject to hydrolysis) is 1. The van der Waals surface area contributed by atoms with Gasteiger partial charge in [-0.1, -0.05) is 0 Å². The van der Waals surface area contributed by atoms with Crippen LogP contribution in [0, 0.1) is 0 Å². The molecule has 7 nitrogen and oxygen atoms in total. The van der Waals surface area contributed by atoms with Crippen molar-refractivity contribution >= 4 is 17.7 Å². The summed E-state index contributed by atoms with van der Waals surface area (Å²) < 4.78 is 10.2. The van der Waals surface area contributed by atoms with Crippen LogP contribution in [0.3, 0.4) is 0 Å².